The molecule has 0 unspecified atom stereocenters. The maximum absolute atomic E-state index is 13.5. The Hall–Kier alpha value is -0.880. The normalized spacial score (nSPS) is 36.9. The number of hydrogen-bond donors (Lipinski definition) is 0. The predicted molar refractivity (Wildman–Crippen MR) is 104 cm³/mol. The molecule has 0 heterocycles. The lowest BCUT2D eigenvalue weighted by Crippen LogP contribution is -2.58. The minimum Gasteiger partial charge on any atom is -0.350 e. The van der Waals surface area contributed by atoms with E-state index in [1.54, 1.807) is 24.3 Å². The topological polar surface area (TPSA) is 52.6 Å². The zero-order valence-corrected chi connectivity index (χ0v) is 17.3. The number of allylic oxidation sites excluding steroid dienone is 2. The van der Waals surface area contributed by atoms with Crippen molar-refractivity contribution in [1.82, 2.24) is 0 Å². The molecule has 8 heteroatoms. The average Bonchev–Trinajstić information content (AvgIpc) is 2.94. The SMILES string of the molecule is COC1(OC)[C@@]2(Cl)C(Cl)=C(Cl)[C@@]1(Cl)[C@@H]1C(=O)C(c3ccccc3)=CC(=O)[C@H]12. The summed E-state index contributed by atoms with van der Waals surface area (Å²) >= 11 is 26.7. The van der Waals surface area contributed by atoms with Crippen LogP contribution in [0.25, 0.3) is 5.57 Å². The standard InChI is InChI=1S/C19H14Cl4O4/c1-26-19(27-2)17(22)12-11(24)8-10(9-6-4-3-5-7-9)14(25)13(12)18(19,23)16(21)15(17)20/h3-8,12-13H,1-2H3/t12-,13+,17+,18+/m1/s1. The minimum absolute atomic E-state index is 0.0384. The molecule has 0 aliphatic heterocycles. The Bertz CT molecular complexity index is 921. The Morgan fingerprint density at radius 1 is 0.889 bits per heavy atom. The number of ketones is 2. The summed E-state index contributed by atoms with van der Waals surface area (Å²) in [7, 11) is 2.66. The van der Waals surface area contributed by atoms with Gasteiger partial charge in [-0.2, -0.15) is 0 Å². The summed E-state index contributed by atoms with van der Waals surface area (Å²) in [5.41, 5.74) is 0.851. The molecule has 0 amide bonds. The van der Waals surface area contributed by atoms with E-state index in [2.05, 4.69) is 0 Å². The van der Waals surface area contributed by atoms with Gasteiger partial charge in [-0.05, 0) is 11.6 Å². The highest BCUT2D eigenvalue weighted by Crippen LogP contribution is 2.75. The van der Waals surface area contributed by atoms with Crippen molar-refractivity contribution in [2.45, 2.75) is 15.5 Å². The zero-order valence-electron chi connectivity index (χ0n) is 14.3. The van der Waals surface area contributed by atoms with E-state index in [4.69, 9.17) is 55.9 Å². The van der Waals surface area contributed by atoms with Crippen molar-refractivity contribution in [1.29, 1.82) is 0 Å². The molecule has 1 aromatic carbocycles. The molecule has 3 aliphatic rings. The average molecular weight is 448 g/mol. The summed E-state index contributed by atoms with van der Waals surface area (Å²) < 4.78 is 11.2. The first kappa shape index (κ1) is 19.4. The summed E-state index contributed by atoms with van der Waals surface area (Å²) in [5, 5.41) is -0.0789. The smallest absolute Gasteiger partial charge is 0.218 e. The number of Topliss-reactive ketones (excluding diaryl/α,β-unsaturated/α-hetero) is 1. The van der Waals surface area contributed by atoms with Gasteiger partial charge in [0.05, 0.1) is 21.9 Å². The molecule has 4 rings (SSSR count). The van der Waals surface area contributed by atoms with Gasteiger partial charge in [-0.3, -0.25) is 9.59 Å². The van der Waals surface area contributed by atoms with Crippen LogP contribution < -0.4 is 0 Å². The second kappa shape index (κ2) is 6.06. The van der Waals surface area contributed by atoms with Gasteiger partial charge in [0, 0.05) is 19.8 Å². The lowest BCUT2D eigenvalue weighted by Gasteiger charge is -2.41. The van der Waals surface area contributed by atoms with Gasteiger partial charge in [-0.15, -0.1) is 23.2 Å². The molecule has 0 aromatic heterocycles. The van der Waals surface area contributed by atoms with Gasteiger partial charge < -0.3 is 9.47 Å². The third-order valence-electron chi connectivity index (χ3n) is 5.78. The van der Waals surface area contributed by atoms with E-state index >= 15 is 0 Å². The fourth-order valence-electron chi connectivity index (χ4n) is 4.70. The Morgan fingerprint density at radius 2 is 1.41 bits per heavy atom. The molecule has 1 fully saturated rings. The minimum atomic E-state index is -1.78. The molecular weight excluding hydrogens is 434 g/mol. The number of fused-ring (bicyclic) bond motifs is 5. The van der Waals surface area contributed by atoms with Crippen LogP contribution in [0.4, 0.5) is 0 Å². The van der Waals surface area contributed by atoms with E-state index in [1.807, 2.05) is 6.07 Å². The highest BCUT2D eigenvalue weighted by molar-refractivity contribution is 6.54. The number of benzene rings is 1. The fourth-order valence-corrected chi connectivity index (χ4v) is 6.88. The summed E-state index contributed by atoms with van der Waals surface area (Å²) in [4.78, 5) is 23.1. The molecule has 2 bridgehead atoms. The van der Waals surface area contributed by atoms with Crippen LogP contribution >= 0.6 is 46.4 Å². The van der Waals surface area contributed by atoms with Crippen LogP contribution in [0.2, 0.25) is 0 Å². The number of methoxy groups -OCH3 is 2. The van der Waals surface area contributed by atoms with Gasteiger partial charge >= 0.3 is 0 Å². The van der Waals surface area contributed by atoms with Gasteiger partial charge in [0.2, 0.25) is 5.79 Å². The van der Waals surface area contributed by atoms with Crippen LogP contribution in [0.5, 0.6) is 0 Å². The largest absolute Gasteiger partial charge is 0.350 e. The van der Waals surface area contributed by atoms with Gasteiger partial charge in [0.1, 0.15) is 9.75 Å². The quantitative estimate of drug-likeness (QED) is 0.516. The molecule has 0 radical (unpaired) electrons. The molecule has 1 aromatic rings. The molecule has 4 nitrogen and oxygen atoms in total. The predicted octanol–water partition coefficient (Wildman–Crippen LogP) is 4.11. The summed E-state index contributed by atoms with van der Waals surface area (Å²) in [5.74, 6) is -4.66. The van der Waals surface area contributed by atoms with Crippen molar-refractivity contribution in [3.8, 4) is 0 Å². The second-order valence-corrected chi connectivity index (χ2v) is 8.67. The molecule has 1 saturated carbocycles. The van der Waals surface area contributed by atoms with E-state index < -0.39 is 27.4 Å². The third-order valence-corrected chi connectivity index (χ3v) is 8.39. The zero-order chi connectivity index (χ0) is 19.8. The van der Waals surface area contributed by atoms with Crippen molar-refractivity contribution in [2.24, 2.45) is 11.8 Å². The molecule has 27 heavy (non-hydrogen) atoms. The molecular formula is C19H14Cl4O4. The van der Waals surface area contributed by atoms with E-state index in [0.717, 1.165) is 0 Å². The molecule has 3 aliphatic carbocycles. The van der Waals surface area contributed by atoms with Crippen LogP contribution in [0.1, 0.15) is 5.56 Å². The van der Waals surface area contributed by atoms with Crippen LogP contribution in [0.15, 0.2) is 46.5 Å². The van der Waals surface area contributed by atoms with Crippen LogP contribution in [-0.2, 0) is 19.1 Å². The van der Waals surface area contributed by atoms with Crippen LogP contribution in [0, 0.1) is 11.8 Å². The lowest BCUT2D eigenvalue weighted by molar-refractivity contribution is -0.220. The maximum Gasteiger partial charge on any atom is 0.218 e. The highest BCUT2D eigenvalue weighted by atomic mass is 35.5. The molecule has 4 atom stereocenters. The first-order valence-electron chi connectivity index (χ1n) is 8.11. The van der Waals surface area contributed by atoms with E-state index in [9.17, 15) is 9.59 Å². The Balaban J connectivity index is 1.98. The number of halogens is 4. The first-order valence-corrected chi connectivity index (χ1v) is 9.63. The van der Waals surface area contributed by atoms with Gasteiger partial charge in [-0.25, -0.2) is 0 Å². The summed E-state index contributed by atoms with van der Waals surface area (Å²) in [6.07, 6.45) is 1.29. The van der Waals surface area contributed by atoms with E-state index in [0.29, 0.717) is 5.56 Å². The number of carbonyl (C=O) groups excluding carboxylic acids is 2. The van der Waals surface area contributed by atoms with Crippen molar-refractivity contribution in [3.63, 3.8) is 0 Å². The maximum atomic E-state index is 13.5. The lowest BCUT2D eigenvalue weighted by atomic mass is 9.70. The van der Waals surface area contributed by atoms with Crippen molar-refractivity contribution >= 4 is 63.5 Å². The number of alkyl halides is 2. The second-order valence-electron chi connectivity index (χ2n) is 6.72. The number of ether oxygens (including phenoxy) is 2. The van der Waals surface area contributed by atoms with E-state index in [1.165, 1.54) is 20.3 Å². The Labute approximate surface area is 176 Å². The molecule has 0 N–H and O–H groups in total. The van der Waals surface area contributed by atoms with Crippen molar-refractivity contribution in [3.05, 3.63) is 52.0 Å². The van der Waals surface area contributed by atoms with Gasteiger partial charge in [0.25, 0.3) is 0 Å². The Kier molecular flexibility index (Phi) is 4.36. The van der Waals surface area contributed by atoms with Gasteiger partial charge in [0.15, 0.2) is 11.6 Å². The first-order chi connectivity index (χ1) is 12.7. The van der Waals surface area contributed by atoms with Crippen LogP contribution in [-0.4, -0.2) is 41.3 Å². The van der Waals surface area contributed by atoms with Gasteiger partial charge in [-0.1, -0.05) is 53.5 Å². The number of rotatable bonds is 3. The fraction of sp³-hybridized carbons (Fsp3) is 0.368. The number of carbonyl (C=O) groups is 2. The van der Waals surface area contributed by atoms with E-state index in [-0.39, 0.29) is 27.2 Å². The summed E-state index contributed by atoms with van der Waals surface area (Å²) in [6.45, 7) is 0. The number of hydrogen-bond acceptors (Lipinski definition) is 4. The third kappa shape index (κ3) is 1.94. The molecule has 142 valence electrons. The van der Waals surface area contributed by atoms with Crippen molar-refractivity contribution < 1.29 is 19.1 Å². The molecule has 0 spiro atoms. The Morgan fingerprint density at radius 3 is 1.93 bits per heavy atom. The summed E-state index contributed by atoms with van der Waals surface area (Å²) in [6, 6.07) is 8.85. The van der Waals surface area contributed by atoms with Crippen LogP contribution in [0.3, 0.4) is 0 Å². The monoisotopic (exact) mass is 446 g/mol. The van der Waals surface area contributed by atoms with Crippen molar-refractivity contribution in [2.75, 3.05) is 14.2 Å². The molecule has 0 saturated heterocycles. The highest BCUT2D eigenvalue weighted by Gasteiger charge is 2.87.